The number of para-hydroxylation sites is 1. The number of aromatic nitrogens is 1. The van der Waals surface area contributed by atoms with Crippen molar-refractivity contribution in [3.05, 3.63) is 71.6 Å². The minimum absolute atomic E-state index is 0.0610. The lowest BCUT2D eigenvalue weighted by atomic mass is 10.2. The summed E-state index contributed by atoms with van der Waals surface area (Å²) >= 11 is 0. The van der Waals surface area contributed by atoms with Crippen LogP contribution in [0.1, 0.15) is 46.9 Å². The van der Waals surface area contributed by atoms with Gasteiger partial charge in [-0.15, -0.1) is 0 Å². The number of rotatable bonds is 9. The fourth-order valence-electron chi connectivity index (χ4n) is 2.71. The van der Waals surface area contributed by atoms with Crippen molar-refractivity contribution in [2.24, 2.45) is 0 Å². The molecule has 1 heterocycles. The molecule has 0 saturated heterocycles. The number of benzene rings is 2. The summed E-state index contributed by atoms with van der Waals surface area (Å²) in [7, 11) is 1.52. The van der Waals surface area contributed by atoms with Gasteiger partial charge >= 0.3 is 0 Å². The van der Waals surface area contributed by atoms with Gasteiger partial charge in [0.1, 0.15) is 18.1 Å². The van der Waals surface area contributed by atoms with Gasteiger partial charge in [0.05, 0.1) is 12.7 Å². The fraction of sp³-hybridized carbons (Fsp3) is 0.261. The highest BCUT2D eigenvalue weighted by Crippen LogP contribution is 2.21. The van der Waals surface area contributed by atoms with Crippen molar-refractivity contribution in [3.63, 3.8) is 0 Å². The van der Waals surface area contributed by atoms with Crippen LogP contribution in [-0.2, 0) is 6.61 Å². The summed E-state index contributed by atoms with van der Waals surface area (Å²) in [4.78, 5) is 24.5. The van der Waals surface area contributed by atoms with Crippen molar-refractivity contribution in [2.45, 2.75) is 32.9 Å². The Bertz CT molecular complexity index is 1030. The van der Waals surface area contributed by atoms with E-state index in [9.17, 15) is 9.59 Å². The van der Waals surface area contributed by atoms with Crippen molar-refractivity contribution in [1.82, 2.24) is 10.5 Å². The Morgan fingerprint density at radius 3 is 2.55 bits per heavy atom. The smallest absolute Gasteiger partial charge is 0.273 e. The second-order valence-electron chi connectivity index (χ2n) is 6.93. The van der Waals surface area contributed by atoms with Gasteiger partial charge in [0.15, 0.2) is 11.5 Å². The standard InChI is InChI=1S/C23H25N3O5/c1-4-15(2)24-23(28)20-13-18(31-26-20)14-30-17-11-9-16(10-12-17)25-22(27)19-7-5-6-8-21(19)29-3/h5-13,15H,4,14H2,1-3H3,(H,24,28)(H,25,27)/t15-/m0/s1. The third-order valence-corrected chi connectivity index (χ3v) is 4.63. The van der Waals surface area contributed by atoms with Gasteiger partial charge in [0.25, 0.3) is 11.8 Å². The van der Waals surface area contributed by atoms with Crippen LogP contribution in [0.25, 0.3) is 0 Å². The number of nitrogens with zero attached hydrogens (tertiary/aromatic N) is 1. The van der Waals surface area contributed by atoms with E-state index in [1.807, 2.05) is 13.8 Å². The number of nitrogens with one attached hydrogen (secondary N) is 2. The molecule has 0 aliphatic rings. The van der Waals surface area contributed by atoms with E-state index in [-0.39, 0.29) is 30.2 Å². The van der Waals surface area contributed by atoms with Crippen LogP contribution < -0.4 is 20.1 Å². The third-order valence-electron chi connectivity index (χ3n) is 4.63. The molecule has 3 rings (SSSR count). The highest BCUT2D eigenvalue weighted by Gasteiger charge is 2.15. The van der Waals surface area contributed by atoms with Gasteiger partial charge in [-0.2, -0.15) is 0 Å². The molecule has 0 spiro atoms. The second kappa shape index (κ2) is 10.3. The Kier molecular flexibility index (Phi) is 7.26. The maximum Gasteiger partial charge on any atom is 0.273 e. The third kappa shape index (κ3) is 5.85. The molecule has 0 fully saturated rings. The molecular weight excluding hydrogens is 398 g/mol. The molecule has 0 radical (unpaired) electrons. The van der Waals surface area contributed by atoms with Gasteiger partial charge in [0, 0.05) is 17.8 Å². The van der Waals surface area contributed by atoms with Crippen molar-refractivity contribution >= 4 is 17.5 Å². The molecule has 3 aromatic rings. The maximum atomic E-state index is 12.5. The van der Waals surface area contributed by atoms with E-state index >= 15 is 0 Å². The van der Waals surface area contributed by atoms with Crippen LogP contribution in [0.3, 0.4) is 0 Å². The predicted molar refractivity (Wildman–Crippen MR) is 115 cm³/mol. The minimum Gasteiger partial charge on any atom is -0.496 e. The van der Waals surface area contributed by atoms with Crippen molar-refractivity contribution in [2.75, 3.05) is 12.4 Å². The molecular formula is C23H25N3O5. The van der Waals surface area contributed by atoms with E-state index < -0.39 is 0 Å². The van der Waals surface area contributed by atoms with Crippen LogP contribution in [0.2, 0.25) is 0 Å². The number of carbonyl (C=O) groups excluding carboxylic acids is 2. The molecule has 0 saturated carbocycles. The number of methoxy groups -OCH3 is 1. The normalized spacial score (nSPS) is 11.5. The molecule has 162 valence electrons. The Morgan fingerprint density at radius 1 is 1.10 bits per heavy atom. The molecule has 2 amide bonds. The number of hydrogen-bond acceptors (Lipinski definition) is 6. The Morgan fingerprint density at radius 2 is 1.84 bits per heavy atom. The van der Waals surface area contributed by atoms with Crippen LogP contribution in [0.15, 0.2) is 59.1 Å². The van der Waals surface area contributed by atoms with Crippen LogP contribution >= 0.6 is 0 Å². The molecule has 31 heavy (non-hydrogen) atoms. The largest absolute Gasteiger partial charge is 0.496 e. The van der Waals surface area contributed by atoms with Crippen molar-refractivity contribution < 1.29 is 23.6 Å². The number of ether oxygens (including phenoxy) is 2. The van der Waals surface area contributed by atoms with Crippen LogP contribution in [0.5, 0.6) is 11.5 Å². The number of anilines is 1. The lowest BCUT2D eigenvalue weighted by Crippen LogP contribution is -2.32. The Labute approximate surface area is 180 Å². The van der Waals surface area contributed by atoms with E-state index in [0.717, 1.165) is 6.42 Å². The number of amides is 2. The van der Waals surface area contributed by atoms with E-state index in [2.05, 4.69) is 15.8 Å². The lowest BCUT2D eigenvalue weighted by Gasteiger charge is -2.10. The summed E-state index contributed by atoms with van der Waals surface area (Å²) in [6, 6.07) is 15.5. The minimum atomic E-state index is -0.278. The van der Waals surface area contributed by atoms with Crippen LogP contribution in [0.4, 0.5) is 5.69 Å². The fourth-order valence-corrected chi connectivity index (χ4v) is 2.71. The molecule has 8 heteroatoms. The van der Waals surface area contributed by atoms with Gasteiger partial charge in [0.2, 0.25) is 0 Å². The zero-order valence-electron chi connectivity index (χ0n) is 17.7. The molecule has 1 atom stereocenters. The van der Waals surface area contributed by atoms with Crippen molar-refractivity contribution in [1.29, 1.82) is 0 Å². The number of carbonyl (C=O) groups is 2. The molecule has 0 aliphatic heterocycles. The van der Waals surface area contributed by atoms with Gasteiger partial charge in [-0.25, -0.2) is 0 Å². The first-order valence-corrected chi connectivity index (χ1v) is 9.93. The topological polar surface area (TPSA) is 103 Å². The van der Waals surface area contributed by atoms with E-state index in [1.165, 1.54) is 7.11 Å². The molecule has 1 aromatic heterocycles. The predicted octanol–water partition coefficient (Wildman–Crippen LogP) is 4.04. The van der Waals surface area contributed by atoms with Crippen LogP contribution in [-0.4, -0.2) is 30.1 Å². The monoisotopic (exact) mass is 423 g/mol. The summed E-state index contributed by atoms with van der Waals surface area (Å²) in [5, 5.41) is 9.43. The summed E-state index contributed by atoms with van der Waals surface area (Å²) in [5.41, 5.74) is 1.28. The van der Waals surface area contributed by atoms with Crippen molar-refractivity contribution in [3.8, 4) is 11.5 Å². The summed E-state index contributed by atoms with van der Waals surface area (Å²) in [6.07, 6.45) is 0.828. The zero-order valence-corrected chi connectivity index (χ0v) is 17.7. The lowest BCUT2D eigenvalue weighted by molar-refractivity contribution is 0.0929. The Balaban J connectivity index is 1.54. The van der Waals surface area contributed by atoms with Gasteiger partial charge in [-0.3, -0.25) is 9.59 Å². The first kappa shape index (κ1) is 21.9. The SMILES string of the molecule is CC[C@H](C)NC(=O)c1cc(COc2ccc(NC(=O)c3ccccc3OC)cc2)on1. The van der Waals surface area contributed by atoms with E-state index in [0.29, 0.717) is 28.5 Å². The molecule has 0 aliphatic carbocycles. The van der Waals surface area contributed by atoms with E-state index in [1.54, 1.807) is 54.6 Å². The maximum absolute atomic E-state index is 12.5. The van der Waals surface area contributed by atoms with Gasteiger partial charge in [-0.05, 0) is 49.7 Å². The van der Waals surface area contributed by atoms with Crippen LogP contribution in [0, 0.1) is 0 Å². The molecule has 0 unspecified atom stereocenters. The summed E-state index contributed by atoms with van der Waals surface area (Å²) in [6.45, 7) is 4.03. The molecule has 2 aromatic carbocycles. The average molecular weight is 423 g/mol. The number of hydrogen-bond donors (Lipinski definition) is 2. The summed E-state index contributed by atoms with van der Waals surface area (Å²) < 4.78 is 16.1. The zero-order chi connectivity index (χ0) is 22.2. The molecule has 8 nitrogen and oxygen atoms in total. The highest BCUT2D eigenvalue weighted by molar-refractivity contribution is 6.06. The molecule has 2 N–H and O–H groups in total. The van der Waals surface area contributed by atoms with Gasteiger partial charge in [-0.1, -0.05) is 24.2 Å². The highest BCUT2D eigenvalue weighted by atomic mass is 16.5. The first-order valence-electron chi connectivity index (χ1n) is 9.93. The second-order valence-corrected chi connectivity index (χ2v) is 6.93. The Hall–Kier alpha value is -3.81. The van der Waals surface area contributed by atoms with E-state index in [4.69, 9.17) is 14.0 Å². The molecule has 0 bridgehead atoms. The average Bonchev–Trinajstić information content (AvgIpc) is 3.27. The first-order chi connectivity index (χ1) is 15.0. The quantitative estimate of drug-likeness (QED) is 0.538. The van der Waals surface area contributed by atoms with Gasteiger partial charge < -0.3 is 24.6 Å². The summed E-state index contributed by atoms with van der Waals surface area (Å²) in [5.74, 6) is 0.972.